The third kappa shape index (κ3) is 1.39. The number of fused-ring (bicyclic) bond motifs is 3. The van der Waals surface area contributed by atoms with E-state index in [1.54, 1.807) is 0 Å². The van der Waals surface area contributed by atoms with Crippen LogP contribution in [0.4, 0.5) is 5.82 Å². The summed E-state index contributed by atoms with van der Waals surface area (Å²) in [5.74, 6) is 5.99. The van der Waals surface area contributed by atoms with E-state index in [4.69, 9.17) is 5.84 Å². The summed E-state index contributed by atoms with van der Waals surface area (Å²) >= 11 is 0. The molecule has 5 heteroatoms. The van der Waals surface area contributed by atoms with Crippen LogP contribution < -0.4 is 11.3 Å². The molecule has 1 unspecified atom stereocenters. The highest BCUT2D eigenvalue weighted by Crippen LogP contribution is 2.38. The molecule has 80 valence electrons. The number of nitrogen functional groups attached to an aromatic ring is 1. The number of anilines is 1. The Kier molecular flexibility index (Phi) is 2.07. The number of aromatic nitrogens is 2. The SMILES string of the molecule is NNc1cc2c(nn1)C1CCCCN1C2. The first kappa shape index (κ1) is 9.06. The fraction of sp³-hybridized carbons (Fsp3) is 0.600. The van der Waals surface area contributed by atoms with E-state index < -0.39 is 0 Å². The molecule has 1 aromatic heterocycles. The molecule has 0 amide bonds. The molecular formula is C10H15N5. The maximum Gasteiger partial charge on any atom is 0.162 e. The van der Waals surface area contributed by atoms with E-state index in [1.807, 2.05) is 6.07 Å². The van der Waals surface area contributed by atoms with Crippen LogP contribution in [0.15, 0.2) is 6.07 Å². The Hall–Kier alpha value is -1.20. The van der Waals surface area contributed by atoms with Gasteiger partial charge < -0.3 is 5.43 Å². The molecular weight excluding hydrogens is 190 g/mol. The average Bonchev–Trinajstić information content (AvgIpc) is 2.66. The minimum Gasteiger partial charge on any atom is -0.307 e. The summed E-state index contributed by atoms with van der Waals surface area (Å²) in [7, 11) is 0. The van der Waals surface area contributed by atoms with Crippen molar-refractivity contribution in [3.8, 4) is 0 Å². The Labute approximate surface area is 88.6 Å². The van der Waals surface area contributed by atoms with E-state index in [-0.39, 0.29) is 0 Å². The lowest BCUT2D eigenvalue weighted by molar-refractivity contribution is 0.162. The van der Waals surface area contributed by atoms with Crippen LogP contribution in [0.5, 0.6) is 0 Å². The minimum atomic E-state index is 0.507. The van der Waals surface area contributed by atoms with Crippen molar-refractivity contribution in [2.24, 2.45) is 5.84 Å². The van der Waals surface area contributed by atoms with Crippen LogP contribution in [-0.4, -0.2) is 21.6 Å². The number of hydrazine groups is 1. The maximum atomic E-state index is 5.32. The van der Waals surface area contributed by atoms with Crippen molar-refractivity contribution >= 4 is 5.82 Å². The average molecular weight is 205 g/mol. The first-order valence-corrected chi connectivity index (χ1v) is 5.45. The first-order chi connectivity index (χ1) is 7.38. The van der Waals surface area contributed by atoms with E-state index >= 15 is 0 Å². The minimum absolute atomic E-state index is 0.507. The van der Waals surface area contributed by atoms with Gasteiger partial charge in [0.05, 0.1) is 11.7 Å². The van der Waals surface area contributed by atoms with Crippen molar-refractivity contribution in [3.05, 3.63) is 17.3 Å². The van der Waals surface area contributed by atoms with E-state index in [0.29, 0.717) is 11.9 Å². The van der Waals surface area contributed by atoms with Gasteiger partial charge in [-0.25, -0.2) is 5.84 Å². The molecule has 0 aliphatic carbocycles. The zero-order valence-corrected chi connectivity index (χ0v) is 8.61. The fourth-order valence-electron chi connectivity index (χ4n) is 2.63. The highest BCUT2D eigenvalue weighted by atomic mass is 15.3. The van der Waals surface area contributed by atoms with E-state index in [1.165, 1.54) is 31.4 Å². The van der Waals surface area contributed by atoms with Crippen molar-refractivity contribution in [2.45, 2.75) is 31.8 Å². The van der Waals surface area contributed by atoms with Crippen LogP contribution in [-0.2, 0) is 6.54 Å². The third-order valence-corrected chi connectivity index (χ3v) is 3.36. The Balaban J connectivity index is 1.96. The number of rotatable bonds is 1. The summed E-state index contributed by atoms with van der Waals surface area (Å²) in [5.41, 5.74) is 4.99. The lowest BCUT2D eigenvalue weighted by Crippen LogP contribution is -2.27. The van der Waals surface area contributed by atoms with Crippen LogP contribution >= 0.6 is 0 Å². The molecule has 0 spiro atoms. The number of hydrogen-bond donors (Lipinski definition) is 2. The number of hydrogen-bond acceptors (Lipinski definition) is 5. The summed E-state index contributed by atoms with van der Waals surface area (Å²) in [4.78, 5) is 2.49. The second-order valence-electron chi connectivity index (χ2n) is 4.27. The zero-order valence-electron chi connectivity index (χ0n) is 8.61. The molecule has 2 aliphatic rings. The van der Waals surface area contributed by atoms with Gasteiger partial charge >= 0.3 is 0 Å². The zero-order chi connectivity index (χ0) is 10.3. The van der Waals surface area contributed by atoms with Crippen LogP contribution in [0.25, 0.3) is 0 Å². The molecule has 0 radical (unpaired) electrons. The van der Waals surface area contributed by atoms with Gasteiger partial charge in [0.25, 0.3) is 0 Å². The molecule has 1 fully saturated rings. The molecule has 1 saturated heterocycles. The van der Waals surface area contributed by atoms with Gasteiger partial charge in [-0.1, -0.05) is 6.42 Å². The van der Waals surface area contributed by atoms with E-state index in [0.717, 1.165) is 12.2 Å². The largest absolute Gasteiger partial charge is 0.307 e. The molecule has 3 rings (SSSR count). The van der Waals surface area contributed by atoms with Gasteiger partial charge in [-0.05, 0) is 31.0 Å². The van der Waals surface area contributed by atoms with Crippen LogP contribution in [0, 0.1) is 0 Å². The molecule has 0 aromatic carbocycles. The molecule has 0 saturated carbocycles. The topological polar surface area (TPSA) is 67.1 Å². The van der Waals surface area contributed by atoms with Crippen molar-refractivity contribution in [1.82, 2.24) is 15.1 Å². The normalized spacial score (nSPS) is 24.7. The highest BCUT2D eigenvalue weighted by molar-refractivity contribution is 5.39. The Morgan fingerprint density at radius 1 is 1.40 bits per heavy atom. The van der Waals surface area contributed by atoms with Gasteiger partial charge in [0, 0.05) is 6.54 Å². The fourth-order valence-corrected chi connectivity index (χ4v) is 2.63. The van der Waals surface area contributed by atoms with Crippen LogP contribution in [0.3, 0.4) is 0 Å². The van der Waals surface area contributed by atoms with E-state index in [9.17, 15) is 0 Å². The molecule has 0 bridgehead atoms. The van der Waals surface area contributed by atoms with E-state index in [2.05, 4.69) is 20.5 Å². The lowest BCUT2D eigenvalue weighted by Gasteiger charge is -2.28. The van der Waals surface area contributed by atoms with Gasteiger partial charge in [0.15, 0.2) is 5.82 Å². The smallest absolute Gasteiger partial charge is 0.162 e. The van der Waals surface area contributed by atoms with Crippen molar-refractivity contribution in [3.63, 3.8) is 0 Å². The van der Waals surface area contributed by atoms with Crippen molar-refractivity contribution in [1.29, 1.82) is 0 Å². The quantitative estimate of drug-likeness (QED) is 0.524. The summed E-state index contributed by atoms with van der Waals surface area (Å²) in [6.45, 7) is 2.19. The second-order valence-corrected chi connectivity index (χ2v) is 4.27. The third-order valence-electron chi connectivity index (χ3n) is 3.36. The number of nitrogens with two attached hydrogens (primary N) is 1. The Bertz CT molecular complexity index is 378. The monoisotopic (exact) mass is 205 g/mol. The van der Waals surface area contributed by atoms with Crippen LogP contribution in [0.1, 0.15) is 36.6 Å². The Morgan fingerprint density at radius 3 is 3.20 bits per heavy atom. The molecule has 15 heavy (non-hydrogen) atoms. The molecule has 2 aliphatic heterocycles. The van der Waals surface area contributed by atoms with Crippen molar-refractivity contribution in [2.75, 3.05) is 12.0 Å². The predicted octanol–water partition coefficient (Wildman–Crippen LogP) is 0.803. The Morgan fingerprint density at radius 2 is 2.33 bits per heavy atom. The van der Waals surface area contributed by atoms with Gasteiger partial charge in [-0.3, -0.25) is 4.90 Å². The van der Waals surface area contributed by atoms with Gasteiger partial charge in [0.1, 0.15) is 0 Å². The van der Waals surface area contributed by atoms with Crippen molar-refractivity contribution < 1.29 is 0 Å². The van der Waals surface area contributed by atoms with Gasteiger partial charge in [-0.15, -0.1) is 5.10 Å². The number of piperidine rings is 1. The summed E-state index contributed by atoms with van der Waals surface area (Å²) in [6, 6.07) is 2.52. The lowest BCUT2D eigenvalue weighted by atomic mass is 10.0. The summed E-state index contributed by atoms with van der Waals surface area (Å²) in [5, 5.41) is 8.33. The van der Waals surface area contributed by atoms with Gasteiger partial charge in [0.2, 0.25) is 0 Å². The van der Waals surface area contributed by atoms with Gasteiger partial charge in [-0.2, -0.15) is 5.10 Å². The summed E-state index contributed by atoms with van der Waals surface area (Å²) in [6.07, 6.45) is 3.83. The highest BCUT2D eigenvalue weighted by Gasteiger charge is 2.33. The first-order valence-electron chi connectivity index (χ1n) is 5.45. The standard InChI is InChI=1S/C10H15N5/c11-12-9-5-7-6-15-4-2-1-3-8(15)10(7)14-13-9/h5,8H,1-4,6,11H2,(H,12,13). The molecule has 1 aromatic rings. The molecule has 3 heterocycles. The molecule has 1 atom stereocenters. The predicted molar refractivity (Wildman–Crippen MR) is 56.8 cm³/mol. The molecule has 3 N–H and O–H groups in total. The number of nitrogens with zero attached hydrogens (tertiary/aromatic N) is 3. The maximum absolute atomic E-state index is 5.32. The second kappa shape index (κ2) is 3.43. The molecule has 5 nitrogen and oxygen atoms in total. The van der Waals surface area contributed by atoms with Crippen LogP contribution in [0.2, 0.25) is 0 Å². The number of nitrogens with one attached hydrogen (secondary N) is 1. The summed E-state index contributed by atoms with van der Waals surface area (Å²) < 4.78 is 0.